The molecule has 343 valence electrons. The third-order valence-electron chi connectivity index (χ3n) is 15.4. The van der Waals surface area contributed by atoms with Crippen molar-refractivity contribution in [3.8, 4) is 0 Å². The molecule has 5 unspecified atom stereocenters. The van der Waals surface area contributed by atoms with Crippen molar-refractivity contribution in [2.45, 2.75) is 194 Å². The van der Waals surface area contributed by atoms with Crippen LogP contribution in [0.5, 0.6) is 0 Å². The van der Waals surface area contributed by atoms with Crippen LogP contribution >= 0.6 is 0 Å². The van der Waals surface area contributed by atoms with Gasteiger partial charge in [-0.25, -0.2) is 0 Å². The average Bonchev–Trinajstić information content (AvgIpc) is 3.68. The molecule has 0 spiro atoms. The molecule has 5 nitrogen and oxygen atoms in total. The highest BCUT2D eigenvalue weighted by atomic mass is 16.6. The number of hydrogen-bond acceptors (Lipinski definition) is 5. The van der Waals surface area contributed by atoms with Crippen LogP contribution in [0.25, 0.3) is 0 Å². The fourth-order valence-corrected chi connectivity index (χ4v) is 12.0. The molecule has 4 aliphatic carbocycles. The Bertz CT molecular complexity index is 1240. The first-order chi connectivity index (χ1) is 29.5. The second-order valence-corrected chi connectivity index (χ2v) is 20.4. The highest BCUT2D eigenvalue weighted by Gasteiger charge is 2.54. The van der Waals surface area contributed by atoms with Gasteiger partial charge in [0, 0.05) is 26.2 Å². The molecule has 0 aromatic heterocycles. The van der Waals surface area contributed by atoms with Crippen LogP contribution in [-0.2, 0) is 18.9 Å². The summed E-state index contributed by atoms with van der Waals surface area (Å²) in [5.74, 6) is 5.48. The van der Waals surface area contributed by atoms with E-state index in [2.05, 4.69) is 81.5 Å². The van der Waals surface area contributed by atoms with Gasteiger partial charge < -0.3 is 18.9 Å². The van der Waals surface area contributed by atoms with E-state index in [1.165, 1.54) is 128 Å². The molecule has 0 aromatic rings. The molecule has 0 N–H and O–H groups in total. The molecule has 8 atom stereocenters. The maximum Gasteiger partial charge on any atom is 0.0936 e. The Kier molecular flexibility index (Phi) is 24.3. The maximum atomic E-state index is 6.48. The fourth-order valence-electron chi connectivity index (χ4n) is 12.0. The Morgan fingerprint density at radius 3 is 2.33 bits per heavy atom. The highest BCUT2D eigenvalue weighted by Crippen LogP contribution is 2.62. The lowest BCUT2D eigenvalue weighted by molar-refractivity contribution is -0.0641. The van der Waals surface area contributed by atoms with Gasteiger partial charge in [0.2, 0.25) is 0 Å². The van der Waals surface area contributed by atoms with Crippen LogP contribution in [0.1, 0.15) is 182 Å². The van der Waals surface area contributed by atoms with E-state index in [-0.39, 0.29) is 6.10 Å². The van der Waals surface area contributed by atoms with Gasteiger partial charge in [0.1, 0.15) is 0 Å². The summed E-state index contributed by atoms with van der Waals surface area (Å²) in [5, 5.41) is 0. The van der Waals surface area contributed by atoms with E-state index in [4.69, 9.17) is 18.9 Å². The predicted octanol–water partition coefficient (Wildman–Crippen LogP) is 14.1. The summed E-state index contributed by atoms with van der Waals surface area (Å²) >= 11 is 0. The van der Waals surface area contributed by atoms with Crippen molar-refractivity contribution in [3.63, 3.8) is 0 Å². The highest BCUT2D eigenvalue weighted by molar-refractivity contribution is 5.25. The first-order valence-corrected chi connectivity index (χ1v) is 26.1. The molecule has 5 aliphatic rings. The van der Waals surface area contributed by atoms with Crippen molar-refractivity contribution in [1.29, 1.82) is 0 Å². The summed E-state index contributed by atoms with van der Waals surface area (Å²) in [6, 6.07) is 0. The second kappa shape index (κ2) is 29.3. The normalized spacial score (nSPS) is 28.7. The van der Waals surface area contributed by atoms with Crippen molar-refractivity contribution >= 4 is 0 Å². The minimum absolute atomic E-state index is 0.0870. The van der Waals surface area contributed by atoms with Gasteiger partial charge in [-0.05, 0) is 150 Å². The minimum atomic E-state index is 0.0870. The molecule has 1 aliphatic heterocycles. The van der Waals surface area contributed by atoms with E-state index in [0.29, 0.717) is 44.6 Å². The second-order valence-electron chi connectivity index (χ2n) is 20.4. The molecule has 3 saturated carbocycles. The monoisotopic (exact) mass is 833 g/mol. The third-order valence-corrected chi connectivity index (χ3v) is 15.4. The number of ether oxygens (including phenoxy) is 4. The van der Waals surface area contributed by atoms with Crippen LogP contribution in [0.3, 0.4) is 0 Å². The van der Waals surface area contributed by atoms with Crippen LogP contribution in [-0.4, -0.2) is 76.4 Å². The standard InChI is InChI=1S/C55H94NO4/c1-5-6-7-8-9-10-11-12-13-14-15-16-17-18-19-25-38-58-45-50(44-56-36-23-20-24-37-56)60-42-40-57-39-41-59-49-34-35-55(4)48(43-49)29-31-53-52-30-28-47(27-22-21-26-46(2)3)51(52)32-33-54(53)55/h9-10,12-13,20,23,27,29,46-47,49-54H,5-8,11,14-19,21-22,24-26,28,30-45H2,1-4H3/b10-9-,13-12-/t47-,49-,50?,51?,52?,53?,54?,55-/m0/s1. The largest absolute Gasteiger partial charge is 0.379 e. The molecule has 60 heavy (non-hydrogen) atoms. The molecule has 0 saturated heterocycles. The topological polar surface area (TPSA) is 40.2 Å². The summed E-state index contributed by atoms with van der Waals surface area (Å²) in [6.07, 6.45) is 51.2. The van der Waals surface area contributed by atoms with E-state index in [1.807, 2.05) is 0 Å². The molecular formula is C55H94NO4. The number of allylic oxidation sites excluding steroid dienone is 5. The van der Waals surface area contributed by atoms with Crippen LogP contribution in [0.4, 0.5) is 0 Å². The number of hydrogen-bond donors (Lipinski definition) is 0. The van der Waals surface area contributed by atoms with Gasteiger partial charge in [0.25, 0.3) is 0 Å². The average molecular weight is 833 g/mol. The lowest BCUT2D eigenvalue weighted by Gasteiger charge is -2.55. The summed E-state index contributed by atoms with van der Waals surface area (Å²) in [6.45, 7) is 16.7. The van der Waals surface area contributed by atoms with Crippen molar-refractivity contribution in [2.75, 3.05) is 59.3 Å². The van der Waals surface area contributed by atoms with Crippen LogP contribution in [0, 0.1) is 47.3 Å². The lowest BCUT2D eigenvalue weighted by atomic mass is 9.50. The quantitative estimate of drug-likeness (QED) is 0.0499. The lowest BCUT2D eigenvalue weighted by Crippen LogP contribution is -2.47. The number of nitrogens with zero attached hydrogens (tertiary/aromatic N) is 1. The number of rotatable bonds is 32. The third kappa shape index (κ3) is 17.4. The van der Waals surface area contributed by atoms with Gasteiger partial charge in [-0.1, -0.05) is 127 Å². The van der Waals surface area contributed by atoms with Gasteiger partial charge in [0.05, 0.1) is 45.2 Å². The summed E-state index contributed by atoms with van der Waals surface area (Å²) in [7, 11) is 0. The summed E-state index contributed by atoms with van der Waals surface area (Å²) < 4.78 is 25.1. The molecule has 0 aromatic carbocycles. The zero-order valence-corrected chi connectivity index (χ0v) is 39.7. The Morgan fingerprint density at radius 2 is 1.53 bits per heavy atom. The fraction of sp³-hybridized carbons (Fsp3) is 0.836. The number of unbranched alkanes of at least 4 members (excludes halogenated alkanes) is 10. The van der Waals surface area contributed by atoms with Gasteiger partial charge in [-0.2, -0.15) is 0 Å². The van der Waals surface area contributed by atoms with Crippen molar-refractivity contribution in [3.05, 3.63) is 54.5 Å². The Balaban J connectivity index is 0.890. The van der Waals surface area contributed by atoms with E-state index < -0.39 is 0 Å². The minimum Gasteiger partial charge on any atom is -0.379 e. The van der Waals surface area contributed by atoms with Crippen molar-refractivity contribution in [2.24, 2.45) is 40.9 Å². The van der Waals surface area contributed by atoms with E-state index in [1.54, 1.807) is 5.57 Å². The smallest absolute Gasteiger partial charge is 0.0936 e. The zero-order valence-electron chi connectivity index (χ0n) is 39.7. The van der Waals surface area contributed by atoms with Crippen molar-refractivity contribution in [1.82, 2.24) is 4.90 Å². The first-order valence-electron chi connectivity index (χ1n) is 26.1. The van der Waals surface area contributed by atoms with E-state index in [9.17, 15) is 0 Å². The molecule has 3 fully saturated rings. The van der Waals surface area contributed by atoms with Gasteiger partial charge >= 0.3 is 0 Å². The maximum absolute atomic E-state index is 6.48. The first kappa shape index (κ1) is 49.8. The van der Waals surface area contributed by atoms with Crippen LogP contribution in [0.2, 0.25) is 0 Å². The Hall–Kier alpha value is -1.24. The summed E-state index contributed by atoms with van der Waals surface area (Å²) in [5.41, 5.74) is 2.12. The predicted molar refractivity (Wildman–Crippen MR) is 254 cm³/mol. The van der Waals surface area contributed by atoms with Gasteiger partial charge in [-0.3, -0.25) is 4.90 Å². The Morgan fingerprint density at radius 1 is 0.750 bits per heavy atom. The van der Waals surface area contributed by atoms with E-state index in [0.717, 1.165) is 87.4 Å². The molecule has 1 heterocycles. The van der Waals surface area contributed by atoms with Crippen LogP contribution < -0.4 is 0 Å². The zero-order chi connectivity index (χ0) is 42.1. The number of fused-ring (bicyclic) bond motifs is 5. The molecule has 1 radical (unpaired) electrons. The SMILES string of the molecule is CCCCC/C=C\C/C=C\CCCCCCCCOCC(CN1CC=CCC1)OCCOCCO[C@H]1CC[C@@]2(C)C(=CCC3C4CC[C@H]([CH]CCCC(C)C)C4CCC32)C1. The Labute approximate surface area is 371 Å². The molecule has 5 rings (SSSR count). The van der Waals surface area contributed by atoms with Crippen molar-refractivity contribution < 1.29 is 18.9 Å². The molecule has 0 amide bonds. The van der Waals surface area contributed by atoms with Gasteiger partial charge in [0.15, 0.2) is 0 Å². The molecule has 0 bridgehead atoms. The van der Waals surface area contributed by atoms with Crippen LogP contribution in [0.15, 0.2) is 48.1 Å². The molecular weight excluding hydrogens is 739 g/mol. The van der Waals surface area contributed by atoms with Gasteiger partial charge in [-0.15, -0.1) is 0 Å². The summed E-state index contributed by atoms with van der Waals surface area (Å²) in [4.78, 5) is 2.49. The van der Waals surface area contributed by atoms with E-state index >= 15 is 0 Å². The molecule has 5 heteroatoms.